The normalized spacial score (nSPS) is 9.33. The number of nitrogens with one attached hydrogen (secondary N) is 2. The van der Waals surface area contributed by atoms with Crippen molar-refractivity contribution < 1.29 is 0 Å². The molecule has 68 valence electrons. The van der Waals surface area contributed by atoms with Crippen molar-refractivity contribution in [1.29, 1.82) is 0 Å². The smallest absolute Gasteiger partial charge is 0.131 e. The molecule has 0 saturated carbocycles. The molecule has 0 radical (unpaired) electrons. The molecule has 0 aliphatic carbocycles. The summed E-state index contributed by atoms with van der Waals surface area (Å²) < 4.78 is 0. The first-order valence-electron chi connectivity index (χ1n) is 4.18. The zero-order valence-electron chi connectivity index (χ0n) is 8.18. The van der Waals surface area contributed by atoms with Gasteiger partial charge in [0.15, 0.2) is 0 Å². The lowest BCUT2D eigenvalue weighted by Crippen LogP contribution is -1.91. The van der Waals surface area contributed by atoms with Crippen LogP contribution in [-0.4, -0.2) is 17.0 Å². The van der Waals surface area contributed by atoms with Crippen molar-refractivity contribution in [2.45, 2.75) is 20.8 Å². The molecule has 0 spiro atoms. The van der Waals surface area contributed by atoms with Crippen LogP contribution < -0.4 is 5.32 Å². The predicted octanol–water partition coefficient (Wildman–Crippen LogP) is 1.93. The third-order valence-corrected chi connectivity index (χ3v) is 1.13. The monoisotopic (exact) mass is 167 g/mol. The summed E-state index contributed by atoms with van der Waals surface area (Å²) in [4.78, 5) is 7.14. The van der Waals surface area contributed by atoms with Gasteiger partial charge in [0.25, 0.3) is 0 Å². The Morgan fingerprint density at radius 1 is 1.50 bits per heavy atom. The lowest BCUT2D eigenvalue weighted by atomic mass is 10.5. The second-order valence-electron chi connectivity index (χ2n) is 2.07. The molecule has 0 aromatic carbocycles. The van der Waals surface area contributed by atoms with Gasteiger partial charge < -0.3 is 10.3 Å². The van der Waals surface area contributed by atoms with E-state index in [0.717, 1.165) is 11.5 Å². The van der Waals surface area contributed by atoms with Crippen molar-refractivity contribution in [1.82, 2.24) is 15.3 Å². The number of rotatable bonds is 2. The summed E-state index contributed by atoms with van der Waals surface area (Å²) in [6.07, 6.45) is 5.51. The highest BCUT2D eigenvalue weighted by atomic mass is 14.9. The topological polar surface area (TPSA) is 40.7 Å². The Balaban J connectivity index is 0.000000561. The highest BCUT2D eigenvalue weighted by Crippen LogP contribution is 1.95. The van der Waals surface area contributed by atoms with Crippen molar-refractivity contribution in [3.05, 3.63) is 23.9 Å². The van der Waals surface area contributed by atoms with Crippen LogP contribution in [0, 0.1) is 6.92 Å². The van der Waals surface area contributed by atoms with Crippen molar-refractivity contribution in [3.63, 3.8) is 0 Å². The minimum Gasteiger partial charge on any atom is -0.394 e. The van der Waals surface area contributed by atoms with E-state index in [9.17, 15) is 0 Å². The van der Waals surface area contributed by atoms with Crippen LogP contribution in [0.25, 0.3) is 6.08 Å². The van der Waals surface area contributed by atoms with E-state index in [-0.39, 0.29) is 0 Å². The standard InChI is InChI=1S/C7H11N3.C2H6/c1-6-5-9-7(10-6)3-4-8-2;1-2/h3-5,8H,1-2H3,(H,9,10);1-2H3/b4-3-;. The van der Waals surface area contributed by atoms with Crippen LogP contribution in [0.15, 0.2) is 12.4 Å². The summed E-state index contributed by atoms with van der Waals surface area (Å²) in [5.74, 6) is 0.881. The van der Waals surface area contributed by atoms with E-state index >= 15 is 0 Å². The van der Waals surface area contributed by atoms with E-state index in [1.165, 1.54) is 0 Å². The molecule has 12 heavy (non-hydrogen) atoms. The Hall–Kier alpha value is -1.25. The van der Waals surface area contributed by atoms with Crippen LogP contribution in [0.2, 0.25) is 0 Å². The fraction of sp³-hybridized carbons (Fsp3) is 0.444. The average Bonchev–Trinajstić information content (AvgIpc) is 2.51. The number of aromatic amines is 1. The van der Waals surface area contributed by atoms with Gasteiger partial charge in [0.1, 0.15) is 5.82 Å². The SMILES string of the molecule is CC.CN/C=C\c1ncc(C)[nH]1. The summed E-state index contributed by atoms with van der Waals surface area (Å²) in [6, 6.07) is 0. The van der Waals surface area contributed by atoms with Gasteiger partial charge in [-0.25, -0.2) is 4.98 Å². The molecule has 0 amide bonds. The van der Waals surface area contributed by atoms with E-state index in [2.05, 4.69) is 15.3 Å². The Labute approximate surface area is 73.9 Å². The van der Waals surface area contributed by atoms with Gasteiger partial charge in [0.2, 0.25) is 0 Å². The Morgan fingerprint density at radius 3 is 2.58 bits per heavy atom. The average molecular weight is 167 g/mol. The quantitative estimate of drug-likeness (QED) is 0.706. The molecule has 3 nitrogen and oxygen atoms in total. The van der Waals surface area contributed by atoms with E-state index in [0.29, 0.717) is 0 Å². The molecule has 0 bridgehead atoms. The van der Waals surface area contributed by atoms with Crippen LogP contribution in [0.3, 0.4) is 0 Å². The van der Waals surface area contributed by atoms with Gasteiger partial charge in [-0.15, -0.1) is 0 Å². The number of hydrogen-bond donors (Lipinski definition) is 2. The molecule has 3 heteroatoms. The summed E-state index contributed by atoms with van der Waals surface area (Å²) in [7, 11) is 1.85. The zero-order valence-corrected chi connectivity index (χ0v) is 8.18. The number of H-pyrrole nitrogens is 1. The Bertz CT molecular complexity index is 225. The lowest BCUT2D eigenvalue weighted by Gasteiger charge is -1.84. The van der Waals surface area contributed by atoms with Gasteiger partial charge >= 0.3 is 0 Å². The third-order valence-electron chi connectivity index (χ3n) is 1.13. The molecule has 0 saturated heterocycles. The zero-order chi connectivity index (χ0) is 9.40. The molecule has 0 aliphatic rings. The molecule has 1 aromatic heterocycles. The van der Waals surface area contributed by atoms with E-state index < -0.39 is 0 Å². The molecule has 0 unspecified atom stereocenters. The van der Waals surface area contributed by atoms with E-state index in [1.807, 2.05) is 40.1 Å². The van der Waals surface area contributed by atoms with Crippen LogP contribution in [0.5, 0.6) is 0 Å². The van der Waals surface area contributed by atoms with Gasteiger partial charge in [-0.3, -0.25) is 0 Å². The first kappa shape index (κ1) is 10.8. The maximum atomic E-state index is 4.07. The number of aromatic nitrogens is 2. The maximum absolute atomic E-state index is 4.07. The summed E-state index contributed by atoms with van der Waals surface area (Å²) in [6.45, 7) is 5.98. The highest BCUT2D eigenvalue weighted by molar-refractivity contribution is 5.39. The molecular weight excluding hydrogens is 150 g/mol. The van der Waals surface area contributed by atoms with Gasteiger partial charge in [0.05, 0.1) is 0 Å². The molecule has 0 atom stereocenters. The van der Waals surface area contributed by atoms with Gasteiger partial charge in [-0.1, -0.05) is 13.8 Å². The largest absolute Gasteiger partial charge is 0.394 e. The van der Waals surface area contributed by atoms with Gasteiger partial charge in [-0.2, -0.15) is 0 Å². The number of hydrogen-bond acceptors (Lipinski definition) is 2. The van der Waals surface area contributed by atoms with Crippen molar-refractivity contribution in [3.8, 4) is 0 Å². The highest BCUT2D eigenvalue weighted by Gasteiger charge is 1.88. The number of aryl methyl sites for hydroxylation is 1. The first-order valence-corrected chi connectivity index (χ1v) is 4.18. The van der Waals surface area contributed by atoms with Crippen molar-refractivity contribution >= 4 is 6.08 Å². The maximum Gasteiger partial charge on any atom is 0.131 e. The van der Waals surface area contributed by atoms with Crippen molar-refractivity contribution in [2.75, 3.05) is 7.05 Å². The van der Waals surface area contributed by atoms with Crippen LogP contribution in [-0.2, 0) is 0 Å². The lowest BCUT2D eigenvalue weighted by molar-refractivity contribution is 1.10. The van der Waals surface area contributed by atoms with E-state index in [4.69, 9.17) is 0 Å². The molecule has 1 rings (SSSR count). The van der Waals surface area contributed by atoms with Crippen LogP contribution in [0.1, 0.15) is 25.4 Å². The molecular formula is C9H17N3. The number of imidazole rings is 1. The summed E-state index contributed by atoms with van der Waals surface area (Å²) in [5.41, 5.74) is 1.08. The van der Waals surface area contributed by atoms with Crippen LogP contribution >= 0.6 is 0 Å². The van der Waals surface area contributed by atoms with E-state index in [1.54, 1.807) is 6.20 Å². The van der Waals surface area contributed by atoms with Crippen LogP contribution in [0.4, 0.5) is 0 Å². The molecule has 0 fully saturated rings. The second kappa shape index (κ2) is 6.46. The second-order valence-corrected chi connectivity index (χ2v) is 2.07. The molecule has 1 aromatic rings. The number of nitrogens with zero attached hydrogens (tertiary/aromatic N) is 1. The van der Waals surface area contributed by atoms with Gasteiger partial charge in [0, 0.05) is 18.9 Å². The fourth-order valence-electron chi connectivity index (χ4n) is 0.680. The third kappa shape index (κ3) is 3.81. The Kier molecular flexibility index (Phi) is 5.79. The Morgan fingerprint density at radius 2 is 2.17 bits per heavy atom. The van der Waals surface area contributed by atoms with Gasteiger partial charge in [-0.05, 0) is 19.2 Å². The minimum absolute atomic E-state index is 0.881. The molecule has 2 N–H and O–H groups in total. The minimum atomic E-state index is 0.881. The first-order chi connectivity index (χ1) is 5.83. The molecule has 0 aliphatic heterocycles. The molecule has 1 heterocycles. The van der Waals surface area contributed by atoms with Crippen molar-refractivity contribution in [2.24, 2.45) is 0 Å². The summed E-state index contributed by atoms with van der Waals surface area (Å²) in [5, 5.41) is 2.88. The fourth-order valence-corrected chi connectivity index (χ4v) is 0.680. The summed E-state index contributed by atoms with van der Waals surface area (Å²) >= 11 is 0. The predicted molar refractivity (Wildman–Crippen MR) is 52.8 cm³/mol.